The maximum absolute atomic E-state index is 13.3. The van der Waals surface area contributed by atoms with Crippen molar-refractivity contribution >= 4 is 5.91 Å². The smallest absolute Gasteiger partial charge is 0.223 e. The van der Waals surface area contributed by atoms with E-state index < -0.39 is 11.9 Å². The highest BCUT2D eigenvalue weighted by Crippen LogP contribution is 2.15. The standard InChI is InChI=1S/C18H20FNO3/c19-16-8-4-5-9-17(16)23-11-10-18(22)20-13-15(21)12-14-6-2-1-3-7-14/h1-9,15,21H,10-13H2,(H,20,22). The summed E-state index contributed by atoms with van der Waals surface area (Å²) in [5.74, 6) is -0.566. The number of nitrogens with one attached hydrogen (secondary N) is 1. The molecule has 0 aromatic heterocycles. The first-order valence-corrected chi connectivity index (χ1v) is 7.51. The van der Waals surface area contributed by atoms with E-state index in [9.17, 15) is 14.3 Å². The fourth-order valence-electron chi connectivity index (χ4n) is 2.09. The Bertz CT molecular complexity index is 619. The van der Waals surface area contributed by atoms with Crippen molar-refractivity contribution in [3.05, 3.63) is 66.0 Å². The van der Waals surface area contributed by atoms with Gasteiger partial charge in [-0.2, -0.15) is 0 Å². The molecule has 0 spiro atoms. The lowest BCUT2D eigenvalue weighted by atomic mass is 10.1. The number of amides is 1. The molecule has 0 saturated heterocycles. The number of aliphatic hydroxyl groups excluding tert-OH is 1. The van der Waals surface area contributed by atoms with Gasteiger partial charge in [-0.3, -0.25) is 4.79 Å². The quantitative estimate of drug-likeness (QED) is 0.785. The van der Waals surface area contributed by atoms with Crippen molar-refractivity contribution in [1.29, 1.82) is 0 Å². The molecule has 23 heavy (non-hydrogen) atoms. The predicted octanol–water partition coefficient (Wildman–Crippen LogP) is 2.31. The molecule has 2 N–H and O–H groups in total. The van der Waals surface area contributed by atoms with Crippen LogP contribution in [-0.2, 0) is 11.2 Å². The molecular weight excluding hydrogens is 297 g/mol. The van der Waals surface area contributed by atoms with Gasteiger partial charge in [0.15, 0.2) is 11.6 Å². The number of carbonyl (C=O) groups is 1. The van der Waals surface area contributed by atoms with Crippen LogP contribution in [0.2, 0.25) is 0 Å². The van der Waals surface area contributed by atoms with E-state index in [1.54, 1.807) is 12.1 Å². The Morgan fingerprint density at radius 2 is 1.83 bits per heavy atom. The highest BCUT2D eigenvalue weighted by Gasteiger charge is 2.09. The molecule has 0 aliphatic carbocycles. The zero-order chi connectivity index (χ0) is 16.5. The second-order valence-electron chi connectivity index (χ2n) is 5.18. The molecule has 4 nitrogen and oxygen atoms in total. The fraction of sp³-hybridized carbons (Fsp3) is 0.278. The molecule has 0 heterocycles. The van der Waals surface area contributed by atoms with Gasteiger partial charge in [-0.25, -0.2) is 4.39 Å². The van der Waals surface area contributed by atoms with E-state index in [-0.39, 0.29) is 31.2 Å². The van der Waals surface area contributed by atoms with Gasteiger partial charge < -0.3 is 15.2 Å². The van der Waals surface area contributed by atoms with E-state index in [2.05, 4.69) is 5.32 Å². The monoisotopic (exact) mass is 317 g/mol. The summed E-state index contributed by atoms with van der Waals surface area (Å²) in [6.45, 7) is 0.259. The van der Waals surface area contributed by atoms with Gasteiger partial charge in [-0.05, 0) is 17.7 Å². The normalized spacial score (nSPS) is 11.7. The summed E-state index contributed by atoms with van der Waals surface area (Å²) >= 11 is 0. The molecule has 2 aromatic carbocycles. The summed E-state index contributed by atoms with van der Waals surface area (Å²) in [7, 11) is 0. The lowest BCUT2D eigenvalue weighted by molar-refractivity contribution is -0.122. The number of para-hydroxylation sites is 1. The number of halogens is 1. The number of aliphatic hydroxyl groups is 1. The van der Waals surface area contributed by atoms with E-state index in [0.29, 0.717) is 6.42 Å². The van der Waals surface area contributed by atoms with Crippen molar-refractivity contribution in [2.24, 2.45) is 0 Å². The van der Waals surface area contributed by atoms with Crippen LogP contribution in [0.3, 0.4) is 0 Å². The summed E-state index contributed by atoms with van der Waals surface area (Å²) in [6, 6.07) is 15.6. The molecule has 1 atom stereocenters. The molecule has 122 valence electrons. The number of hydrogen-bond donors (Lipinski definition) is 2. The van der Waals surface area contributed by atoms with Crippen molar-refractivity contribution in [2.75, 3.05) is 13.2 Å². The number of hydrogen-bond acceptors (Lipinski definition) is 3. The van der Waals surface area contributed by atoms with Crippen molar-refractivity contribution in [2.45, 2.75) is 18.9 Å². The van der Waals surface area contributed by atoms with Crippen LogP contribution in [0.4, 0.5) is 4.39 Å². The predicted molar refractivity (Wildman–Crippen MR) is 85.7 cm³/mol. The molecule has 0 aliphatic heterocycles. The van der Waals surface area contributed by atoms with E-state index >= 15 is 0 Å². The topological polar surface area (TPSA) is 58.6 Å². The van der Waals surface area contributed by atoms with Crippen LogP contribution in [0.15, 0.2) is 54.6 Å². The molecule has 0 fully saturated rings. The number of rotatable bonds is 8. The van der Waals surface area contributed by atoms with Crippen LogP contribution < -0.4 is 10.1 Å². The van der Waals surface area contributed by atoms with Crippen LogP contribution in [-0.4, -0.2) is 30.3 Å². The van der Waals surface area contributed by atoms with Gasteiger partial charge in [0.25, 0.3) is 0 Å². The highest BCUT2D eigenvalue weighted by atomic mass is 19.1. The van der Waals surface area contributed by atoms with Crippen LogP contribution in [0.1, 0.15) is 12.0 Å². The fourth-order valence-corrected chi connectivity index (χ4v) is 2.09. The minimum absolute atomic E-state index is 0.0849. The number of benzene rings is 2. The minimum Gasteiger partial charge on any atom is -0.490 e. The first kappa shape index (κ1) is 17.0. The average molecular weight is 317 g/mol. The third-order valence-corrected chi connectivity index (χ3v) is 3.27. The maximum atomic E-state index is 13.3. The van der Waals surface area contributed by atoms with Gasteiger partial charge in [0.2, 0.25) is 5.91 Å². The summed E-state index contributed by atoms with van der Waals surface area (Å²) in [6.07, 6.45) is -0.0620. The maximum Gasteiger partial charge on any atom is 0.223 e. The van der Waals surface area contributed by atoms with Gasteiger partial charge in [-0.15, -0.1) is 0 Å². The Balaban J connectivity index is 1.64. The zero-order valence-electron chi connectivity index (χ0n) is 12.7. The molecule has 0 bridgehead atoms. The Labute approximate surface area is 134 Å². The van der Waals surface area contributed by atoms with Gasteiger partial charge in [0.1, 0.15) is 0 Å². The first-order valence-electron chi connectivity index (χ1n) is 7.51. The third-order valence-electron chi connectivity index (χ3n) is 3.27. The van der Waals surface area contributed by atoms with Crippen molar-refractivity contribution in [3.63, 3.8) is 0 Å². The minimum atomic E-state index is -0.645. The van der Waals surface area contributed by atoms with Crippen molar-refractivity contribution in [3.8, 4) is 5.75 Å². The molecule has 0 radical (unpaired) electrons. The van der Waals surface area contributed by atoms with Gasteiger partial charge in [0.05, 0.1) is 19.1 Å². The lowest BCUT2D eigenvalue weighted by Gasteiger charge is -2.12. The van der Waals surface area contributed by atoms with E-state index in [0.717, 1.165) is 5.56 Å². The second-order valence-corrected chi connectivity index (χ2v) is 5.18. The molecular formula is C18H20FNO3. The van der Waals surface area contributed by atoms with Crippen LogP contribution in [0.5, 0.6) is 5.75 Å². The van der Waals surface area contributed by atoms with Gasteiger partial charge >= 0.3 is 0 Å². The number of carbonyl (C=O) groups excluding carboxylic acids is 1. The van der Waals surface area contributed by atoms with Gasteiger partial charge in [-0.1, -0.05) is 42.5 Å². The summed E-state index contributed by atoms with van der Waals surface area (Å²) in [5.41, 5.74) is 1.01. The van der Waals surface area contributed by atoms with Crippen molar-refractivity contribution in [1.82, 2.24) is 5.32 Å². The molecule has 0 saturated carbocycles. The third kappa shape index (κ3) is 6.08. The molecule has 2 aromatic rings. The van der Waals surface area contributed by atoms with E-state index in [4.69, 9.17) is 4.74 Å². The lowest BCUT2D eigenvalue weighted by Crippen LogP contribution is -2.33. The molecule has 2 rings (SSSR count). The SMILES string of the molecule is O=C(CCOc1ccccc1F)NCC(O)Cc1ccccc1. The zero-order valence-corrected chi connectivity index (χ0v) is 12.7. The Kier molecular flexibility index (Phi) is 6.56. The Morgan fingerprint density at radius 3 is 2.57 bits per heavy atom. The molecule has 1 amide bonds. The summed E-state index contributed by atoms with van der Waals surface area (Å²) < 4.78 is 18.5. The Hall–Kier alpha value is -2.40. The van der Waals surface area contributed by atoms with Crippen LogP contribution in [0, 0.1) is 5.82 Å². The largest absolute Gasteiger partial charge is 0.490 e. The first-order chi connectivity index (χ1) is 11.1. The van der Waals surface area contributed by atoms with E-state index in [1.807, 2.05) is 30.3 Å². The summed E-state index contributed by atoms with van der Waals surface area (Å²) in [5, 5.41) is 12.5. The van der Waals surface area contributed by atoms with Gasteiger partial charge in [0, 0.05) is 13.0 Å². The van der Waals surface area contributed by atoms with Crippen LogP contribution in [0.25, 0.3) is 0 Å². The second kappa shape index (κ2) is 8.90. The molecule has 0 aliphatic rings. The Morgan fingerprint density at radius 1 is 1.13 bits per heavy atom. The van der Waals surface area contributed by atoms with Crippen molar-refractivity contribution < 1.29 is 19.0 Å². The summed E-state index contributed by atoms with van der Waals surface area (Å²) in [4.78, 5) is 11.7. The molecule has 5 heteroatoms. The van der Waals surface area contributed by atoms with Crippen LogP contribution >= 0.6 is 0 Å². The molecule has 1 unspecified atom stereocenters. The van der Waals surface area contributed by atoms with E-state index in [1.165, 1.54) is 12.1 Å². The average Bonchev–Trinajstić information content (AvgIpc) is 2.56. The number of ether oxygens (including phenoxy) is 1. The highest BCUT2D eigenvalue weighted by molar-refractivity contribution is 5.76.